The van der Waals surface area contributed by atoms with Crippen molar-refractivity contribution in [1.29, 1.82) is 0 Å². The lowest BCUT2D eigenvalue weighted by Gasteiger charge is -1.94. The third-order valence-electron chi connectivity index (χ3n) is 1.62. The van der Waals surface area contributed by atoms with Crippen molar-refractivity contribution >= 4 is 6.21 Å². The van der Waals surface area contributed by atoms with Crippen molar-refractivity contribution in [2.24, 2.45) is 4.99 Å². The van der Waals surface area contributed by atoms with Crippen LogP contribution in [0.15, 0.2) is 53.6 Å². The standard InChI is InChI=1S/C12H17N/c1-5-11(3)7-8-12(6-2)9-10-13-4/h5,7-10H,1,3,6H2,2,4H3/b8-7-,12-9+,13-10?. The monoisotopic (exact) mass is 175 g/mol. The zero-order valence-corrected chi connectivity index (χ0v) is 8.46. The van der Waals surface area contributed by atoms with Gasteiger partial charge in [-0.25, -0.2) is 0 Å². The van der Waals surface area contributed by atoms with Crippen molar-refractivity contribution in [3.05, 3.63) is 48.6 Å². The summed E-state index contributed by atoms with van der Waals surface area (Å²) < 4.78 is 0. The number of hydrogen-bond donors (Lipinski definition) is 0. The Morgan fingerprint density at radius 1 is 1.38 bits per heavy atom. The second-order valence-corrected chi connectivity index (χ2v) is 2.61. The first-order valence-electron chi connectivity index (χ1n) is 4.35. The van der Waals surface area contributed by atoms with Gasteiger partial charge < -0.3 is 0 Å². The van der Waals surface area contributed by atoms with E-state index in [1.54, 1.807) is 19.3 Å². The minimum absolute atomic E-state index is 0.924. The van der Waals surface area contributed by atoms with Gasteiger partial charge in [-0.15, -0.1) is 0 Å². The predicted octanol–water partition coefficient (Wildman–Crippen LogP) is 3.32. The zero-order valence-electron chi connectivity index (χ0n) is 8.46. The van der Waals surface area contributed by atoms with E-state index in [2.05, 4.69) is 25.1 Å². The van der Waals surface area contributed by atoms with Crippen molar-refractivity contribution in [3.8, 4) is 0 Å². The largest absolute Gasteiger partial charge is 0.297 e. The Kier molecular flexibility index (Phi) is 6.52. The van der Waals surface area contributed by atoms with Gasteiger partial charge in [0, 0.05) is 13.3 Å². The van der Waals surface area contributed by atoms with Crippen LogP contribution < -0.4 is 0 Å². The van der Waals surface area contributed by atoms with Gasteiger partial charge >= 0.3 is 0 Å². The van der Waals surface area contributed by atoms with Gasteiger partial charge in [0.15, 0.2) is 0 Å². The third-order valence-corrected chi connectivity index (χ3v) is 1.62. The summed E-state index contributed by atoms with van der Waals surface area (Å²) in [6, 6.07) is 0. The smallest absolute Gasteiger partial charge is 0.0277 e. The molecule has 0 aliphatic carbocycles. The molecule has 0 bridgehead atoms. The number of hydrogen-bond acceptors (Lipinski definition) is 1. The van der Waals surface area contributed by atoms with Crippen LogP contribution in [0.1, 0.15) is 13.3 Å². The summed E-state index contributed by atoms with van der Waals surface area (Å²) in [5.74, 6) is 0. The molecule has 0 aliphatic rings. The van der Waals surface area contributed by atoms with E-state index >= 15 is 0 Å². The molecule has 1 heteroatoms. The van der Waals surface area contributed by atoms with Crippen LogP contribution in [-0.2, 0) is 0 Å². The summed E-state index contributed by atoms with van der Waals surface area (Å²) in [6.07, 6.45) is 10.5. The Morgan fingerprint density at radius 2 is 2.08 bits per heavy atom. The fraction of sp³-hybridized carbons (Fsp3) is 0.250. The molecule has 0 spiro atoms. The van der Waals surface area contributed by atoms with E-state index in [-0.39, 0.29) is 0 Å². The summed E-state index contributed by atoms with van der Waals surface area (Å²) in [4.78, 5) is 3.89. The molecule has 0 saturated heterocycles. The average Bonchev–Trinajstić information content (AvgIpc) is 2.17. The minimum Gasteiger partial charge on any atom is -0.297 e. The van der Waals surface area contributed by atoms with E-state index in [0.29, 0.717) is 0 Å². The first-order valence-corrected chi connectivity index (χ1v) is 4.35. The molecule has 0 unspecified atom stereocenters. The molecular weight excluding hydrogens is 158 g/mol. The van der Waals surface area contributed by atoms with Crippen LogP contribution in [0.3, 0.4) is 0 Å². The molecule has 0 N–H and O–H groups in total. The number of rotatable bonds is 5. The topological polar surface area (TPSA) is 12.4 Å². The first-order chi connectivity index (χ1) is 6.24. The number of aliphatic imine (C=N–C) groups is 1. The van der Waals surface area contributed by atoms with E-state index in [4.69, 9.17) is 0 Å². The third kappa shape index (κ3) is 5.85. The lowest BCUT2D eigenvalue weighted by Crippen LogP contribution is -1.77. The van der Waals surface area contributed by atoms with Gasteiger partial charge in [0.25, 0.3) is 0 Å². The fourth-order valence-electron chi connectivity index (χ4n) is 0.744. The van der Waals surface area contributed by atoms with Crippen LogP contribution >= 0.6 is 0 Å². The van der Waals surface area contributed by atoms with Gasteiger partial charge in [-0.1, -0.05) is 38.3 Å². The molecule has 0 aromatic heterocycles. The Hall–Kier alpha value is -1.37. The maximum Gasteiger partial charge on any atom is 0.0277 e. The fourth-order valence-corrected chi connectivity index (χ4v) is 0.744. The molecule has 0 rings (SSSR count). The van der Waals surface area contributed by atoms with Gasteiger partial charge in [-0.3, -0.25) is 4.99 Å². The van der Waals surface area contributed by atoms with Crippen LogP contribution in [0.2, 0.25) is 0 Å². The molecule has 0 aromatic rings. The molecule has 0 aromatic carbocycles. The molecule has 70 valence electrons. The van der Waals surface area contributed by atoms with E-state index < -0.39 is 0 Å². The molecule has 0 amide bonds. The first kappa shape index (κ1) is 11.6. The zero-order chi connectivity index (χ0) is 10.1. The number of allylic oxidation sites excluding steroid dienone is 6. The molecule has 0 heterocycles. The van der Waals surface area contributed by atoms with Crippen LogP contribution in [0.25, 0.3) is 0 Å². The Labute approximate surface area is 80.9 Å². The normalized spacial score (nSPS) is 12.6. The van der Waals surface area contributed by atoms with E-state index in [0.717, 1.165) is 12.0 Å². The Bertz CT molecular complexity index is 254. The quantitative estimate of drug-likeness (QED) is 0.449. The molecule has 0 aliphatic heterocycles. The number of nitrogens with zero attached hydrogens (tertiary/aromatic N) is 1. The van der Waals surface area contributed by atoms with E-state index in [1.807, 2.05) is 18.2 Å². The maximum absolute atomic E-state index is 3.89. The molecule has 0 saturated carbocycles. The highest BCUT2D eigenvalue weighted by atomic mass is 14.6. The maximum atomic E-state index is 3.89. The molecule has 13 heavy (non-hydrogen) atoms. The molecule has 1 nitrogen and oxygen atoms in total. The predicted molar refractivity (Wildman–Crippen MR) is 61.3 cm³/mol. The Balaban J connectivity index is 4.36. The second kappa shape index (κ2) is 7.29. The van der Waals surface area contributed by atoms with Crippen LogP contribution in [0.5, 0.6) is 0 Å². The van der Waals surface area contributed by atoms with Crippen molar-refractivity contribution in [2.75, 3.05) is 7.05 Å². The lowest BCUT2D eigenvalue weighted by atomic mass is 10.1. The summed E-state index contributed by atoms with van der Waals surface area (Å²) in [6.45, 7) is 9.53. The molecular formula is C12H17N. The highest BCUT2D eigenvalue weighted by Crippen LogP contribution is 2.04. The highest BCUT2D eigenvalue weighted by Gasteiger charge is 1.85. The summed E-state index contributed by atoms with van der Waals surface area (Å²) >= 11 is 0. The van der Waals surface area contributed by atoms with Gasteiger partial charge in [0.1, 0.15) is 0 Å². The lowest BCUT2D eigenvalue weighted by molar-refractivity contribution is 1.15. The van der Waals surface area contributed by atoms with Crippen molar-refractivity contribution < 1.29 is 0 Å². The van der Waals surface area contributed by atoms with Crippen molar-refractivity contribution in [2.45, 2.75) is 13.3 Å². The van der Waals surface area contributed by atoms with Gasteiger partial charge in [0.05, 0.1) is 0 Å². The molecule has 0 radical (unpaired) electrons. The second-order valence-electron chi connectivity index (χ2n) is 2.61. The summed E-state index contributed by atoms with van der Waals surface area (Å²) in [5.41, 5.74) is 2.15. The summed E-state index contributed by atoms with van der Waals surface area (Å²) in [5, 5.41) is 0. The highest BCUT2D eigenvalue weighted by molar-refractivity contribution is 5.72. The summed E-state index contributed by atoms with van der Waals surface area (Å²) in [7, 11) is 1.76. The van der Waals surface area contributed by atoms with Crippen LogP contribution in [0, 0.1) is 0 Å². The van der Waals surface area contributed by atoms with E-state index in [1.165, 1.54) is 5.57 Å². The van der Waals surface area contributed by atoms with Gasteiger partial charge in [-0.2, -0.15) is 0 Å². The van der Waals surface area contributed by atoms with Crippen LogP contribution in [0.4, 0.5) is 0 Å². The minimum atomic E-state index is 0.924. The Morgan fingerprint density at radius 3 is 2.54 bits per heavy atom. The van der Waals surface area contributed by atoms with E-state index in [9.17, 15) is 0 Å². The van der Waals surface area contributed by atoms with Crippen LogP contribution in [-0.4, -0.2) is 13.3 Å². The van der Waals surface area contributed by atoms with Crippen molar-refractivity contribution in [1.82, 2.24) is 0 Å². The van der Waals surface area contributed by atoms with Crippen molar-refractivity contribution in [3.63, 3.8) is 0 Å². The SMILES string of the molecule is C=CC(=C)/C=C\C(=C\C=NC)CC. The van der Waals surface area contributed by atoms with Gasteiger partial charge in [0.2, 0.25) is 0 Å². The molecule has 0 fully saturated rings. The average molecular weight is 175 g/mol. The molecule has 0 atom stereocenters. The van der Waals surface area contributed by atoms with Gasteiger partial charge in [-0.05, 0) is 23.6 Å².